The molecule has 0 aliphatic carbocycles. The van der Waals surface area contributed by atoms with Gasteiger partial charge in [0.15, 0.2) is 0 Å². The van der Waals surface area contributed by atoms with Crippen LogP contribution >= 0.6 is 0 Å². The maximum absolute atomic E-state index is 11.7. The molecule has 0 aliphatic heterocycles. The summed E-state index contributed by atoms with van der Waals surface area (Å²) >= 11 is 0. The van der Waals surface area contributed by atoms with E-state index in [1.165, 1.54) is 16.8 Å². The number of unbranched alkanes of at least 4 members (excludes halogenated alkanes) is 1. The topological polar surface area (TPSA) is 73.2 Å². The monoisotopic (exact) mass is 253 g/mol. The van der Waals surface area contributed by atoms with Crippen molar-refractivity contribution in [1.82, 2.24) is 15.1 Å². The molecule has 1 amide bonds. The van der Waals surface area contributed by atoms with Crippen LogP contribution in [0.15, 0.2) is 16.9 Å². The van der Waals surface area contributed by atoms with Gasteiger partial charge in [0.2, 0.25) is 0 Å². The second-order valence-electron chi connectivity index (χ2n) is 3.88. The van der Waals surface area contributed by atoms with Crippen LogP contribution in [0.5, 0.6) is 0 Å². The Labute approximate surface area is 106 Å². The molecule has 6 nitrogen and oxygen atoms in total. The molecule has 0 unspecified atom stereocenters. The molecule has 1 aromatic rings. The Morgan fingerprint density at radius 3 is 2.94 bits per heavy atom. The molecular weight excluding hydrogens is 234 g/mol. The summed E-state index contributed by atoms with van der Waals surface area (Å²) in [5, 5.41) is 6.70. The van der Waals surface area contributed by atoms with Crippen molar-refractivity contribution in [2.75, 3.05) is 20.3 Å². The van der Waals surface area contributed by atoms with Crippen LogP contribution in [0.25, 0.3) is 0 Å². The quantitative estimate of drug-likeness (QED) is 0.715. The van der Waals surface area contributed by atoms with E-state index in [-0.39, 0.29) is 17.2 Å². The molecule has 0 spiro atoms. The third-order valence-corrected chi connectivity index (χ3v) is 2.41. The molecule has 0 radical (unpaired) electrons. The fourth-order valence-electron chi connectivity index (χ4n) is 1.40. The summed E-state index contributed by atoms with van der Waals surface area (Å²) in [7, 11) is 1.56. The van der Waals surface area contributed by atoms with Gasteiger partial charge < -0.3 is 10.1 Å². The largest absolute Gasteiger partial charge is 0.383 e. The van der Waals surface area contributed by atoms with Crippen LogP contribution in [0.2, 0.25) is 0 Å². The Bertz CT molecular complexity index is 442. The number of aryl methyl sites for hydroxylation is 1. The predicted molar refractivity (Wildman–Crippen MR) is 67.6 cm³/mol. The Hall–Kier alpha value is -1.69. The number of methoxy groups -OCH3 is 1. The third kappa shape index (κ3) is 4.29. The van der Waals surface area contributed by atoms with Gasteiger partial charge in [-0.2, -0.15) is 5.10 Å². The number of carbonyl (C=O) groups excluding carboxylic acids is 1. The van der Waals surface area contributed by atoms with E-state index in [2.05, 4.69) is 10.4 Å². The number of ether oxygens (including phenoxy) is 1. The predicted octanol–water partition coefficient (Wildman–Crippen LogP) is 0.420. The molecule has 1 N–H and O–H groups in total. The summed E-state index contributed by atoms with van der Waals surface area (Å²) in [6.45, 7) is 3.44. The summed E-state index contributed by atoms with van der Waals surface area (Å²) in [6.07, 6.45) is 1.83. The molecule has 1 rings (SSSR count). The van der Waals surface area contributed by atoms with Crippen LogP contribution in [-0.2, 0) is 11.3 Å². The highest BCUT2D eigenvalue weighted by Crippen LogP contribution is 1.93. The molecule has 6 heteroatoms. The van der Waals surface area contributed by atoms with Crippen LogP contribution < -0.4 is 10.9 Å². The summed E-state index contributed by atoms with van der Waals surface area (Å²) in [5.74, 6) is -0.294. The van der Waals surface area contributed by atoms with Gasteiger partial charge in [-0.25, -0.2) is 4.68 Å². The molecule has 100 valence electrons. The molecule has 0 bridgehead atoms. The van der Waals surface area contributed by atoms with Gasteiger partial charge in [-0.3, -0.25) is 9.59 Å². The minimum Gasteiger partial charge on any atom is -0.383 e. The van der Waals surface area contributed by atoms with Crippen LogP contribution in [0.4, 0.5) is 0 Å². The molecular formula is C12H19N3O3. The highest BCUT2D eigenvalue weighted by molar-refractivity contribution is 5.91. The first-order valence-corrected chi connectivity index (χ1v) is 6.04. The molecule has 1 aromatic heterocycles. The molecule has 1 heterocycles. The Kier molecular flexibility index (Phi) is 6.07. The molecule has 0 saturated carbocycles. The fraction of sp³-hybridized carbons (Fsp3) is 0.583. The normalized spacial score (nSPS) is 10.3. The standard InChI is InChI=1S/C12H19N3O3/c1-3-4-8-15-11(16)6-5-10(14-15)12(17)13-7-9-18-2/h5-6H,3-4,7-9H2,1-2H3,(H,13,17). The Balaban J connectivity index is 2.71. The van der Waals surface area contributed by atoms with Crippen LogP contribution in [-0.4, -0.2) is 35.9 Å². The van der Waals surface area contributed by atoms with Crippen LogP contribution in [0, 0.1) is 0 Å². The Morgan fingerprint density at radius 1 is 1.50 bits per heavy atom. The van der Waals surface area contributed by atoms with E-state index in [0.717, 1.165) is 12.8 Å². The SMILES string of the molecule is CCCCn1nc(C(=O)NCCOC)ccc1=O. The van der Waals surface area contributed by atoms with Gasteiger partial charge in [-0.1, -0.05) is 13.3 Å². The third-order valence-electron chi connectivity index (χ3n) is 2.41. The number of nitrogens with zero attached hydrogens (tertiary/aromatic N) is 2. The number of aromatic nitrogens is 2. The van der Waals surface area contributed by atoms with Crippen molar-refractivity contribution in [3.8, 4) is 0 Å². The van der Waals surface area contributed by atoms with Gasteiger partial charge in [0.25, 0.3) is 11.5 Å². The number of nitrogens with one attached hydrogen (secondary N) is 1. The van der Waals surface area contributed by atoms with Crippen molar-refractivity contribution >= 4 is 5.91 Å². The number of carbonyl (C=O) groups is 1. The lowest BCUT2D eigenvalue weighted by atomic mass is 10.3. The molecule has 0 atom stereocenters. The first-order valence-electron chi connectivity index (χ1n) is 6.04. The van der Waals surface area contributed by atoms with Gasteiger partial charge in [-0.05, 0) is 12.5 Å². The van der Waals surface area contributed by atoms with Crippen LogP contribution in [0.1, 0.15) is 30.3 Å². The molecule has 0 aromatic carbocycles. The van der Waals surface area contributed by atoms with E-state index in [4.69, 9.17) is 4.74 Å². The summed E-state index contributed by atoms with van der Waals surface area (Å²) in [6, 6.07) is 2.81. The second kappa shape index (κ2) is 7.60. The highest BCUT2D eigenvalue weighted by atomic mass is 16.5. The number of hydrogen-bond donors (Lipinski definition) is 1. The van der Waals surface area contributed by atoms with Gasteiger partial charge in [-0.15, -0.1) is 0 Å². The average molecular weight is 253 g/mol. The number of hydrogen-bond acceptors (Lipinski definition) is 4. The van der Waals surface area contributed by atoms with Crippen LogP contribution in [0.3, 0.4) is 0 Å². The van der Waals surface area contributed by atoms with E-state index < -0.39 is 0 Å². The zero-order valence-electron chi connectivity index (χ0n) is 10.8. The van der Waals surface area contributed by atoms with Gasteiger partial charge in [0.1, 0.15) is 5.69 Å². The summed E-state index contributed by atoms with van der Waals surface area (Å²) in [4.78, 5) is 23.2. The van der Waals surface area contributed by atoms with Gasteiger partial charge in [0.05, 0.1) is 6.61 Å². The summed E-state index contributed by atoms with van der Waals surface area (Å²) < 4.78 is 6.16. The summed E-state index contributed by atoms with van der Waals surface area (Å²) in [5.41, 5.74) is 0.0682. The van der Waals surface area contributed by atoms with Crippen molar-refractivity contribution < 1.29 is 9.53 Å². The molecule has 18 heavy (non-hydrogen) atoms. The maximum atomic E-state index is 11.7. The highest BCUT2D eigenvalue weighted by Gasteiger charge is 2.08. The first-order chi connectivity index (χ1) is 8.69. The maximum Gasteiger partial charge on any atom is 0.271 e. The molecule has 0 fully saturated rings. The van der Waals surface area contributed by atoms with Gasteiger partial charge in [0, 0.05) is 26.3 Å². The van der Waals surface area contributed by atoms with Crippen molar-refractivity contribution in [1.29, 1.82) is 0 Å². The van der Waals surface area contributed by atoms with E-state index in [1.54, 1.807) is 7.11 Å². The van der Waals surface area contributed by atoms with Crippen molar-refractivity contribution in [2.24, 2.45) is 0 Å². The first kappa shape index (κ1) is 14.4. The van der Waals surface area contributed by atoms with Crippen molar-refractivity contribution in [3.63, 3.8) is 0 Å². The van der Waals surface area contributed by atoms with E-state index in [9.17, 15) is 9.59 Å². The number of rotatable bonds is 7. The fourth-order valence-corrected chi connectivity index (χ4v) is 1.40. The lowest BCUT2D eigenvalue weighted by Crippen LogP contribution is -2.31. The smallest absolute Gasteiger partial charge is 0.271 e. The van der Waals surface area contributed by atoms with Crippen molar-refractivity contribution in [3.05, 3.63) is 28.2 Å². The minimum absolute atomic E-state index is 0.183. The molecule has 0 aliphatic rings. The number of amides is 1. The average Bonchev–Trinajstić information content (AvgIpc) is 2.38. The van der Waals surface area contributed by atoms with E-state index in [1.807, 2.05) is 6.92 Å². The Morgan fingerprint density at radius 2 is 2.28 bits per heavy atom. The van der Waals surface area contributed by atoms with E-state index in [0.29, 0.717) is 19.7 Å². The lowest BCUT2D eigenvalue weighted by molar-refractivity contribution is 0.0929. The van der Waals surface area contributed by atoms with Gasteiger partial charge >= 0.3 is 0 Å². The van der Waals surface area contributed by atoms with Crippen molar-refractivity contribution in [2.45, 2.75) is 26.3 Å². The minimum atomic E-state index is -0.294. The van der Waals surface area contributed by atoms with E-state index >= 15 is 0 Å². The second-order valence-corrected chi connectivity index (χ2v) is 3.88. The zero-order valence-corrected chi connectivity index (χ0v) is 10.8. The zero-order chi connectivity index (χ0) is 13.4. The molecule has 0 saturated heterocycles. The lowest BCUT2D eigenvalue weighted by Gasteiger charge is -2.07.